The number of carbonyl (C=O) groups is 1. The van der Waals surface area contributed by atoms with Crippen LogP contribution in [0.1, 0.15) is 15.9 Å². The molecule has 2 nitrogen and oxygen atoms in total. The number of halogens is 2. The van der Waals surface area contributed by atoms with E-state index in [0.717, 1.165) is 38.2 Å². The molecule has 0 aliphatic rings. The maximum absolute atomic E-state index is 11.2. The fourth-order valence-corrected chi connectivity index (χ4v) is 2.93. The molecule has 0 aliphatic carbocycles. The summed E-state index contributed by atoms with van der Waals surface area (Å²) in [6, 6.07) is 14.2. The van der Waals surface area contributed by atoms with Crippen molar-refractivity contribution in [3.8, 4) is 0 Å². The number of aldehydes is 1. The highest BCUT2D eigenvalue weighted by Crippen LogP contribution is 2.25. The first-order chi connectivity index (χ1) is 9.67. The molecule has 1 heterocycles. The third-order valence-electron chi connectivity index (χ3n) is 3.27. The van der Waals surface area contributed by atoms with Crippen LogP contribution in [0.15, 0.2) is 57.6 Å². The number of fused-ring (bicyclic) bond motifs is 1. The molecule has 3 rings (SSSR count). The van der Waals surface area contributed by atoms with Crippen LogP contribution in [0.4, 0.5) is 0 Å². The second kappa shape index (κ2) is 5.54. The van der Waals surface area contributed by atoms with Gasteiger partial charge in [-0.1, -0.05) is 44.0 Å². The van der Waals surface area contributed by atoms with E-state index in [1.54, 1.807) is 0 Å². The smallest absolute Gasteiger partial charge is 0.152 e. The van der Waals surface area contributed by atoms with E-state index >= 15 is 0 Å². The van der Waals surface area contributed by atoms with Crippen LogP contribution >= 0.6 is 31.9 Å². The van der Waals surface area contributed by atoms with Gasteiger partial charge >= 0.3 is 0 Å². The van der Waals surface area contributed by atoms with Crippen molar-refractivity contribution in [2.75, 3.05) is 0 Å². The summed E-state index contributed by atoms with van der Waals surface area (Å²) in [5.41, 5.74) is 2.99. The first-order valence-corrected chi connectivity index (χ1v) is 7.74. The van der Waals surface area contributed by atoms with Gasteiger partial charge in [0.2, 0.25) is 0 Å². The fourth-order valence-electron chi connectivity index (χ4n) is 2.31. The molecular formula is C16H11Br2NO. The molecule has 1 aromatic heterocycles. The van der Waals surface area contributed by atoms with Gasteiger partial charge in [-0.2, -0.15) is 0 Å². The van der Waals surface area contributed by atoms with Crippen molar-refractivity contribution in [2.45, 2.75) is 6.54 Å². The Kier molecular flexibility index (Phi) is 3.76. The van der Waals surface area contributed by atoms with Crippen LogP contribution in [0.5, 0.6) is 0 Å². The number of hydrogen-bond donors (Lipinski definition) is 0. The van der Waals surface area contributed by atoms with E-state index in [-0.39, 0.29) is 0 Å². The molecule has 20 heavy (non-hydrogen) atoms. The predicted molar refractivity (Wildman–Crippen MR) is 88.3 cm³/mol. The van der Waals surface area contributed by atoms with Crippen molar-refractivity contribution in [3.05, 3.63) is 68.7 Å². The van der Waals surface area contributed by atoms with Crippen LogP contribution in [0.25, 0.3) is 10.9 Å². The third-order valence-corrected chi connectivity index (χ3v) is 4.29. The Labute approximate surface area is 133 Å². The molecule has 0 unspecified atom stereocenters. The highest BCUT2D eigenvalue weighted by Gasteiger charge is 2.08. The Morgan fingerprint density at radius 3 is 2.40 bits per heavy atom. The Hall–Kier alpha value is -1.39. The van der Waals surface area contributed by atoms with Gasteiger partial charge in [0.05, 0.1) is 0 Å². The van der Waals surface area contributed by atoms with Gasteiger partial charge in [-0.25, -0.2) is 0 Å². The van der Waals surface area contributed by atoms with Crippen molar-refractivity contribution in [1.82, 2.24) is 4.57 Å². The standard InChI is InChI=1S/C16H11Br2NO/c17-13-3-1-11(2-4-13)8-19-9-12(10-20)15-7-14(18)5-6-16(15)19/h1-7,9-10H,8H2. The summed E-state index contributed by atoms with van der Waals surface area (Å²) in [5, 5.41) is 0.978. The molecule has 0 N–H and O–H groups in total. The van der Waals surface area contributed by atoms with E-state index in [4.69, 9.17) is 0 Å². The van der Waals surface area contributed by atoms with E-state index in [2.05, 4.69) is 48.6 Å². The van der Waals surface area contributed by atoms with E-state index < -0.39 is 0 Å². The molecular weight excluding hydrogens is 382 g/mol. The molecule has 0 saturated carbocycles. The minimum atomic E-state index is 0.721. The molecule has 4 heteroatoms. The van der Waals surface area contributed by atoms with Gasteiger partial charge < -0.3 is 4.57 Å². The number of nitrogens with zero attached hydrogens (tertiary/aromatic N) is 1. The molecule has 2 aromatic carbocycles. The first-order valence-electron chi connectivity index (χ1n) is 6.15. The van der Waals surface area contributed by atoms with Gasteiger partial charge in [0, 0.05) is 38.2 Å². The predicted octanol–water partition coefficient (Wildman–Crippen LogP) is 5.03. The minimum Gasteiger partial charge on any atom is -0.342 e. The van der Waals surface area contributed by atoms with E-state index in [1.165, 1.54) is 5.56 Å². The summed E-state index contributed by atoms with van der Waals surface area (Å²) in [7, 11) is 0. The topological polar surface area (TPSA) is 22.0 Å². The quantitative estimate of drug-likeness (QED) is 0.573. The zero-order chi connectivity index (χ0) is 14.1. The van der Waals surface area contributed by atoms with Crippen LogP contribution in [0, 0.1) is 0 Å². The third kappa shape index (κ3) is 2.58. The maximum Gasteiger partial charge on any atom is 0.152 e. The lowest BCUT2D eigenvalue weighted by Crippen LogP contribution is -1.97. The average Bonchev–Trinajstić information content (AvgIpc) is 2.78. The summed E-state index contributed by atoms with van der Waals surface area (Å²) < 4.78 is 4.15. The molecule has 0 radical (unpaired) electrons. The van der Waals surface area contributed by atoms with E-state index in [0.29, 0.717) is 0 Å². The number of aromatic nitrogens is 1. The van der Waals surface area contributed by atoms with Gasteiger partial charge in [-0.15, -0.1) is 0 Å². The van der Waals surface area contributed by atoms with Crippen molar-refractivity contribution in [3.63, 3.8) is 0 Å². The maximum atomic E-state index is 11.2. The van der Waals surface area contributed by atoms with E-state index in [1.807, 2.05) is 36.5 Å². The average molecular weight is 393 g/mol. The number of rotatable bonds is 3. The van der Waals surface area contributed by atoms with Gasteiger partial charge in [-0.3, -0.25) is 4.79 Å². The summed E-state index contributed by atoms with van der Waals surface area (Å²) in [4.78, 5) is 11.2. The van der Waals surface area contributed by atoms with Gasteiger partial charge in [0.15, 0.2) is 6.29 Å². The van der Waals surface area contributed by atoms with Crippen LogP contribution in [0.2, 0.25) is 0 Å². The molecule has 0 atom stereocenters. The minimum absolute atomic E-state index is 0.721. The highest BCUT2D eigenvalue weighted by atomic mass is 79.9. The number of benzene rings is 2. The normalized spacial score (nSPS) is 10.9. The van der Waals surface area contributed by atoms with Crippen LogP contribution in [0.3, 0.4) is 0 Å². The molecule has 100 valence electrons. The van der Waals surface area contributed by atoms with Crippen molar-refractivity contribution < 1.29 is 4.79 Å². The lowest BCUT2D eigenvalue weighted by atomic mass is 10.2. The molecule has 0 aliphatic heterocycles. The van der Waals surface area contributed by atoms with Crippen molar-refractivity contribution in [2.24, 2.45) is 0 Å². The fraction of sp³-hybridized carbons (Fsp3) is 0.0625. The molecule has 0 bridgehead atoms. The second-order valence-electron chi connectivity index (χ2n) is 4.62. The molecule has 0 amide bonds. The summed E-state index contributed by atoms with van der Waals surface area (Å²) in [5.74, 6) is 0. The van der Waals surface area contributed by atoms with Gasteiger partial charge in [-0.05, 0) is 35.9 Å². The Morgan fingerprint density at radius 1 is 1.00 bits per heavy atom. The zero-order valence-electron chi connectivity index (χ0n) is 10.5. The zero-order valence-corrected chi connectivity index (χ0v) is 13.7. The highest BCUT2D eigenvalue weighted by molar-refractivity contribution is 9.10. The van der Waals surface area contributed by atoms with Crippen molar-refractivity contribution >= 4 is 49.0 Å². The lowest BCUT2D eigenvalue weighted by Gasteiger charge is -2.06. The Balaban J connectivity index is 2.07. The van der Waals surface area contributed by atoms with Crippen LogP contribution < -0.4 is 0 Å². The second-order valence-corrected chi connectivity index (χ2v) is 6.45. The molecule has 0 fully saturated rings. The summed E-state index contributed by atoms with van der Waals surface area (Å²) in [6.45, 7) is 0.749. The molecule has 3 aromatic rings. The van der Waals surface area contributed by atoms with Gasteiger partial charge in [0.25, 0.3) is 0 Å². The number of hydrogen-bond acceptors (Lipinski definition) is 1. The summed E-state index contributed by atoms with van der Waals surface area (Å²) >= 11 is 6.89. The summed E-state index contributed by atoms with van der Waals surface area (Å²) in [6.07, 6.45) is 2.82. The SMILES string of the molecule is O=Cc1cn(Cc2ccc(Br)cc2)c2ccc(Br)cc12. The van der Waals surface area contributed by atoms with Crippen LogP contribution in [-0.4, -0.2) is 10.9 Å². The first kappa shape index (κ1) is 13.6. The molecule has 0 saturated heterocycles. The van der Waals surface area contributed by atoms with Crippen LogP contribution in [-0.2, 0) is 6.54 Å². The molecule has 0 spiro atoms. The lowest BCUT2D eigenvalue weighted by molar-refractivity contribution is 0.112. The number of carbonyl (C=O) groups excluding carboxylic acids is 1. The Morgan fingerprint density at radius 2 is 1.70 bits per heavy atom. The Bertz CT molecular complexity index is 775. The largest absolute Gasteiger partial charge is 0.342 e. The van der Waals surface area contributed by atoms with Crippen molar-refractivity contribution in [1.29, 1.82) is 0 Å². The van der Waals surface area contributed by atoms with Gasteiger partial charge in [0.1, 0.15) is 0 Å². The monoisotopic (exact) mass is 391 g/mol. The van der Waals surface area contributed by atoms with E-state index in [9.17, 15) is 4.79 Å².